The molecule has 1 saturated heterocycles. The smallest absolute Gasteiger partial charge is 0.233 e. The summed E-state index contributed by atoms with van der Waals surface area (Å²) >= 11 is 3.08. The van der Waals surface area contributed by atoms with Crippen LogP contribution in [0.15, 0.2) is 22.7 Å². The number of piperidine rings is 1. The molecule has 1 saturated carbocycles. The highest BCUT2D eigenvalue weighted by atomic mass is 32.2. The summed E-state index contributed by atoms with van der Waals surface area (Å²) < 4.78 is 2.17. The topological polar surface area (TPSA) is 94.1 Å². The Hall–Kier alpha value is -1.87. The van der Waals surface area contributed by atoms with Gasteiger partial charge in [-0.1, -0.05) is 17.8 Å². The van der Waals surface area contributed by atoms with E-state index in [1.54, 1.807) is 16.2 Å². The molecule has 0 spiro atoms. The molecule has 4 rings (SSSR count). The number of hydrogen-bond acceptors (Lipinski definition) is 6. The maximum atomic E-state index is 12.6. The van der Waals surface area contributed by atoms with Crippen molar-refractivity contribution in [1.82, 2.24) is 19.7 Å². The Labute approximate surface area is 160 Å². The number of primary amides is 1. The molecule has 9 heteroatoms. The van der Waals surface area contributed by atoms with Crippen molar-refractivity contribution < 1.29 is 9.59 Å². The molecule has 0 bridgehead atoms. The van der Waals surface area contributed by atoms with E-state index in [-0.39, 0.29) is 17.7 Å². The fourth-order valence-corrected chi connectivity index (χ4v) is 4.88. The quantitative estimate of drug-likeness (QED) is 0.762. The van der Waals surface area contributed by atoms with Crippen LogP contribution in [0.3, 0.4) is 0 Å². The van der Waals surface area contributed by atoms with E-state index in [2.05, 4.69) is 14.8 Å². The van der Waals surface area contributed by atoms with Gasteiger partial charge in [-0.2, -0.15) is 0 Å². The molecular formula is C17H21N5O2S2. The fraction of sp³-hybridized carbons (Fsp3) is 0.529. The lowest BCUT2D eigenvalue weighted by molar-refractivity contribution is -0.132. The van der Waals surface area contributed by atoms with E-state index in [4.69, 9.17) is 5.73 Å². The highest BCUT2D eigenvalue weighted by Gasteiger charge is 2.31. The standard InChI is InChI=1S/C17H21N5O2S2/c18-15(24)11-3-1-7-21(9-11)14(23)10-26-17-20-19-16(13-4-2-8-25-13)22(17)12-5-6-12/h2,4,8,11-12H,1,3,5-7,9-10H2,(H2,18,24). The molecule has 2 aromatic heterocycles. The molecule has 2 aliphatic rings. The molecular weight excluding hydrogens is 370 g/mol. The van der Waals surface area contributed by atoms with Gasteiger partial charge in [-0.3, -0.25) is 14.2 Å². The first kappa shape index (κ1) is 17.5. The minimum absolute atomic E-state index is 0.0315. The molecule has 138 valence electrons. The van der Waals surface area contributed by atoms with Gasteiger partial charge in [0.1, 0.15) is 0 Å². The number of nitrogens with zero attached hydrogens (tertiary/aromatic N) is 4. The molecule has 26 heavy (non-hydrogen) atoms. The predicted octanol–water partition coefficient (Wildman–Crippen LogP) is 2.16. The molecule has 3 heterocycles. The Morgan fingerprint density at radius 1 is 1.31 bits per heavy atom. The van der Waals surface area contributed by atoms with E-state index in [0.717, 1.165) is 41.5 Å². The molecule has 2 N–H and O–H groups in total. The molecule has 1 aliphatic carbocycles. The van der Waals surface area contributed by atoms with Crippen molar-refractivity contribution >= 4 is 34.9 Å². The number of carbonyl (C=O) groups excluding carboxylic acids is 2. The lowest BCUT2D eigenvalue weighted by Gasteiger charge is -2.31. The van der Waals surface area contributed by atoms with Crippen LogP contribution < -0.4 is 5.73 Å². The van der Waals surface area contributed by atoms with Crippen molar-refractivity contribution in [2.45, 2.75) is 36.9 Å². The number of hydrogen-bond donors (Lipinski definition) is 1. The Morgan fingerprint density at radius 3 is 2.85 bits per heavy atom. The molecule has 1 atom stereocenters. The summed E-state index contributed by atoms with van der Waals surface area (Å²) in [6.07, 6.45) is 3.85. The van der Waals surface area contributed by atoms with Gasteiger partial charge in [0.15, 0.2) is 11.0 Å². The molecule has 0 radical (unpaired) electrons. The Morgan fingerprint density at radius 2 is 2.15 bits per heavy atom. The van der Waals surface area contributed by atoms with Crippen LogP contribution >= 0.6 is 23.1 Å². The average Bonchev–Trinajstić information content (AvgIpc) is 3.18. The number of nitrogens with two attached hydrogens (primary N) is 1. The number of thioether (sulfide) groups is 1. The van der Waals surface area contributed by atoms with E-state index in [1.807, 2.05) is 17.5 Å². The summed E-state index contributed by atoms with van der Waals surface area (Å²) in [7, 11) is 0. The van der Waals surface area contributed by atoms with E-state index in [9.17, 15) is 9.59 Å². The zero-order chi connectivity index (χ0) is 18.1. The minimum atomic E-state index is -0.316. The highest BCUT2D eigenvalue weighted by Crippen LogP contribution is 2.41. The second kappa shape index (κ2) is 7.40. The maximum absolute atomic E-state index is 12.6. The number of carbonyl (C=O) groups is 2. The van der Waals surface area contributed by atoms with E-state index < -0.39 is 0 Å². The predicted molar refractivity (Wildman–Crippen MR) is 101 cm³/mol. The molecule has 7 nitrogen and oxygen atoms in total. The summed E-state index contributed by atoms with van der Waals surface area (Å²) in [6.45, 7) is 1.13. The monoisotopic (exact) mass is 391 g/mol. The van der Waals surface area contributed by atoms with E-state index in [0.29, 0.717) is 24.9 Å². The van der Waals surface area contributed by atoms with Gasteiger partial charge < -0.3 is 10.6 Å². The third kappa shape index (κ3) is 3.64. The summed E-state index contributed by atoms with van der Waals surface area (Å²) in [5.41, 5.74) is 5.40. The van der Waals surface area contributed by atoms with Gasteiger partial charge in [-0.25, -0.2) is 0 Å². The van der Waals surface area contributed by atoms with Gasteiger partial charge in [-0.05, 0) is 37.1 Å². The molecule has 1 aliphatic heterocycles. The van der Waals surface area contributed by atoms with Crippen molar-refractivity contribution in [1.29, 1.82) is 0 Å². The van der Waals surface area contributed by atoms with Crippen LogP contribution in [0.25, 0.3) is 10.7 Å². The van der Waals surface area contributed by atoms with Crippen molar-refractivity contribution in [3.05, 3.63) is 17.5 Å². The number of aromatic nitrogens is 3. The number of thiophene rings is 1. The molecule has 2 amide bonds. The number of likely N-dealkylation sites (tertiary alicyclic amines) is 1. The largest absolute Gasteiger partial charge is 0.369 e. The van der Waals surface area contributed by atoms with Crippen LogP contribution in [0.2, 0.25) is 0 Å². The SMILES string of the molecule is NC(=O)C1CCCN(C(=O)CSc2nnc(-c3cccs3)n2C2CC2)C1. The number of rotatable bonds is 6. The third-order valence-electron chi connectivity index (χ3n) is 4.82. The van der Waals surface area contributed by atoms with Crippen molar-refractivity contribution in [2.24, 2.45) is 11.7 Å². The lowest BCUT2D eigenvalue weighted by Crippen LogP contribution is -2.44. The van der Waals surface area contributed by atoms with Gasteiger partial charge in [0, 0.05) is 19.1 Å². The summed E-state index contributed by atoms with van der Waals surface area (Å²) in [5, 5.41) is 11.5. The second-order valence-electron chi connectivity index (χ2n) is 6.75. The van der Waals surface area contributed by atoms with Crippen LogP contribution in [0, 0.1) is 5.92 Å². The molecule has 2 fully saturated rings. The Kier molecular flexibility index (Phi) is 4.99. The number of amides is 2. The van der Waals surface area contributed by atoms with Crippen molar-refractivity contribution in [3.63, 3.8) is 0 Å². The molecule has 1 unspecified atom stereocenters. The van der Waals surface area contributed by atoms with E-state index in [1.165, 1.54) is 11.8 Å². The first-order valence-electron chi connectivity index (χ1n) is 8.82. The van der Waals surface area contributed by atoms with Crippen LogP contribution in [0.5, 0.6) is 0 Å². The van der Waals surface area contributed by atoms with Crippen molar-refractivity contribution in [3.8, 4) is 10.7 Å². The lowest BCUT2D eigenvalue weighted by atomic mass is 9.97. The van der Waals surface area contributed by atoms with Crippen LogP contribution in [0.1, 0.15) is 31.7 Å². The van der Waals surface area contributed by atoms with E-state index >= 15 is 0 Å². The normalized spacial score (nSPS) is 20.3. The fourth-order valence-electron chi connectivity index (χ4n) is 3.26. The van der Waals surface area contributed by atoms with Crippen molar-refractivity contribution in [2.75, 3.05) is 18.8 Å². The zero-order valence-corrected chi connectivity index (χ0v) is 16.0. The Bertz CT molecular complexity index is 800. The average molecular weight is 392 g/mol. The minimum Gasteiger partial charge on any atom is -0.369 e. The molecule has 2 aromatic rings. The Balaban J connectivity index is 1.43. The highest BCUT2D eigenvalue weighted by molar-refractivity contribution is 7.99. The van der Waals surface area contributed by atoms with Gasteiger partial charge in [0.2, 0.25) is 11.8 Å². The molecule has 0 aromatic carbocycles. The zero-order valence-electron chi connectivity index (χ0n) is 14.3. The van der Waals surface area contributed by atoms with Gasteiger partial charge >= 0.3 is 0 Å². The first-order chi connectivity index (χ1) is 12.6. The van der Waals surface area contributed by atoms with Gasteiger partial charge in [0.05, 0.1) is 16.5 Å². The van der Waals surface area contributed by atoms with Gasteiger partial charge in [-0.15, -0.1) is 21.5 Å². The van der Waals surface area contributed by atoms with Crippen LogP contribution in [-0.2, 0) is 9.59 Å². The summed E-state index contributed by atoms with van der Waals surface area (Å²) in [6, 6.07) is 4.49. The first-order valence-corrected chi connectivity index (χ1v) is 10.7. The van der Waals surface area contributed by atoms with Crippen LogP contribution in [-0.4, -0.2) is 50.3 Å². The van der Waals surface area contributed by atoms with Crippen LogP contribution in [0.4, 0.5) is 0 Å². The summed E-state index contributed by atoms with van der Waals surface area (Å²) in [4.78, 5) is 26.8. The third-order valence-corrected chi connectivity index (χ3v) is 6.61. The maximum Gasteiger partial charge on any atom is 0.233 e. The summed E-state index contributed by atoms with van der Waals surface area (Å²) in [5.74, 6) is 0.691. The van der Waals surface area contributed by atoms with Gasteiger partial charge in [0.25, 0.3) is 0 Å². The second-order valence-corrected chi connectivity index (χ2v) is 8.64.